The zero-order chi connectivity index (χ0) is 21.6. The summed E-state index contributed by atoms with van der Waals surface area (Å²) in [5.41, 5.74) is 2.52. The van der Waals surface area contributed by atoms with Gasteiger partial charge in [-0.15, -0.1) is 17.8 Å². The third kappa shape index (κ3) is 4.70. The van der Waals surface area contributed by atoms with Crippen molar-refractivity contribution in [3.63, 3.8) is 0 Å². The lowest BCUT2D eigenvalue weighted by Gasteiger charge is -2.32. The molecule has 31 heavy (non-hydrogen) atoms. The number of aromatic nitrogens is 2. The smallest absolute Gasteiger partial charge is 0.253 e. The van der Waals surface area contributed by atoms with E-state index >= 15 is 0 Å². The van der Waals surface area contributed by atoms with Crippen molar-refractivity contribution in [1.82, 2.24) is 15.3 Å². The monoisotopic (exact) mass is 432 g/mol. The van der Waals surface area contributed by atoms with Gasteiger partial charge in [-0.2, -0.15) is 0 Å². The molecule has 7 heteroatoms. The molecule has 6 nitrogen and oxygen atoms in total. The fraction of sp³-hybridized carbons (Fsp3) is 0.292. The van der Waals surface area contributed by atoms with Crippen molar-refractivity contribution in [3.8, 4) is 29.4 Å². The van der Waals surface area contributed by atoms with Gasteiger partial charge >= 0.3 is 0 Å². The first-order valence-corrected chi connectivity index (χ1v) is 11.1. The SMILES string of the molecule is C#CCNC(=O)c1ccc(N2CCC(c3nc(-c4ccccc4OC)cs3)CC2)nc1. The molecule has 2 aromatic heterocycles. The van der Waals surface area contributed by atoms with Gasteiger partial charge in [0, 0.05) is 36.1 Å². The number of nitrogens with one attached hydrogen (secondary N) is 1. The molecule has 1 saturated heterocycles. The number of carbonyl (C=O) groups is 1. The van der Waals surface area contributed by atoms with Crippen molar-refractivity contribution >= 4 is 23.1 Å². The van der Waals surface area contributed by atoms with E-state index in [4.69, 9.17) is 16.1 Å². The maximum atomic E-state index is 12.0. The van der Waals surface area contributed by atoms with E-state index in [1.165, 1.54) is 5.01 Å². The maximum Gasteiger partial charge on any atom is 0.253 e. The number of rotatable bonds is 6. The average Bonchev–Trinajstić information content (AvgIpc) is 3.33. The summed E-state index contributed by atoms with van der Waals surface area (Å²) in [7, 11) is 1.69. The molecule has 1 aliphatic rings. The van der Waals surface area contributed by atoms with Crippen LogP contribution < -0.4 is 15.0 Å². The predicted molar refractivity (Wildman–Crippen MR) is 124 cm³/mol. The zero-order valence-corrected chi connectivity index (χ0v) is 18.2. The van der Waals surface area contributed by atoms with Crippen molar-refractivity contribution in [2.45, 2.75) is 18.8 Å². The quantitative estimate of drug-likeness (QED) is 0.597. The van der Waals surface area contributed by atoms with Gasteiger partial charge in [-0.05, 0) is 37.1 Å². The second-order valence-corrected chi connectivity index (χ2v) is 8.21. The summed E-state index contributed by atoms with van der Waals surface area (Å²) in [4.78, 5) is 23.6. The molecular formula is C24H24N4O2S. The molecular weight excluding hydrogens is 408 g/mol. The molecule has 158 valence electrons. The molecule has 4 rings (SSSR count). The minimum Gasteiger partial charge on any atom is -0.496 e. The number of hydrogen-bond acceptors (Lipinski definition) is 6. The standard InChI is InChI=1S/C24H24N4O2S/c1-3-12-25-23(29)18-8-9-22(26-15-18)28-13-10-17(11-14-28)24-27-20(16-31-24)19-6-4-5-7-21(19)30-2/h1,4-9,15-17H,10-14H2,2H3,(H,25,29). The van der Waals surface area contributed by atoms with Crippen LogP contribution in [0, 0.1) is 12.3 Å². The van der Waals surface area contributed by atoms with Gasteiger partial charge in [0.1, 0.15) is 11.6 Å². The maximum absolute atomic E-state index is 12.0. The topological polar surface area (TPSA) is 67.4 Å². The largest absolute Gasteiger partial charge is 0.496 e. The minimum atomic E-state index is -0.203. The highest BCUT2D eigenvalue weighted by Gasteiger charge is 2.24. The van der Waals surface area contributed by atoms with Crippen molar-refractivity contribution in [1.29, 1.82) is 0 Å². The second-order valence-electron chi connectivity index (χ2n) is 7.32. The molecule has 1 N–H and O–H groups in total. The molecule has 0 unspecified atom stereocenters. The van der Waals surface area contributed by atoms with E-state index in [1.54, 1.807) is 30.7 Å². The number of thiazole rings is 1. The van der Waals surface area contributed by atoms with Crippen molar-refractivity contribution in [3.05, 3.63) is 58.5 Å². The molecule has 3 aromatic rings. The van der Waals surface area contributed by atoms with Gasteiger partial charge in [0.25, 0.3) is 5.91 Å². The Morgan fingerprint density at radius 2 is 2.10 bits per heavy atom. The van der Waals surface area contributed by atoms with Crippen LogP contribution in [0.1, 0.15) is 34.1 Å². The first kappa shape index (κ1) is 20.9. The van der Waals surface area contributed by atoms with Crippen LogP contribution in [0.2, 0.25) is 0 Å². The van der Waals surface area contributed by atoms with Gasteiger partial charge in [0.15, 0.2) is 0 Å². The number of terminal acetylenes is 1. The fourth-order valence-electron chi connectivity index (χ4n) is 3.75. The first-order chi connectivity index (χ1) is 15.2. The molecule has 1 fully saturated rings. The van der Waals surface area contributed by atoms with E-state index in [1.807, 2.05) is 30.3 Å². The average molecular weight is 433 g/mol. The number of methoxy groups -OCH3 is 1. The molecule has 0 atom stereocenters. The first-order valence-electron chi connectivity index (χ1n) is 10.2. The van der Waals surface area contributed by atoms with Crippen LogP contribution >= 0.6 is 11.3 Å². The fourth-order valence-corrected chi connectivity index (χ4v) is 4.74. The highest BCUT2D eigenvalue weighted by Crippen LogP contribution is 2.36. The molecule has 1 amide bonds. The summed E-state index contributed by atoms with van der Waals surface area (Å²) < 4.78 is 5.48. The Labute approximate surface area is 186 Å². The summed E-state index contributed by atoms with van der Waals surface area (Å²) >= 11 is 1.72. The Bertz CT molecular complexity index is 1080. The lowest BCUT2D eigenvalue weighted by molar-refractivity contribution is 0.0958. The van der Waals surface area contributed by atoms with E-state index in [9.17, 15) is 4.79 Å². The number of para-hydroxylation sites is 1. The van der Waals surface area contributed by atoms with E-state index in [0.29, 0.717) is 11.5 Å². The van der Waals surface area contributed by atoms with Crippen LogP contribution in [0.3, 0.4) is 0 Å². The highest BCUT2D eigenvalue weighted by molar-refractivity contribution is 7.10. The summed E-state index contributed by atoms with van der Waals surface area (Å²) in [6, 6.07) is 11.7. The number of nitrogens with zero attached hydrogens (tertiary/aromatic N) is 3. The zero-order valence-electron chi connectivity index (χ0n) is 17.4. The normalized spacial score (nSPS) is 14.1. The van der Waals surface area contributed by atoms with E-state index in [2.05, 4.69) is 26.5 Å². The molecule has 0 saturated carbocycles. The number of piperidine rings is 1. The lowest BCUT2D eigenvalue weighted by atomic mass is 9.97. The molecule has 0 radical (unpaired) electrons. The number of amides is 1. The van der Waals surface area contributed by atoms with Crippen LogP contribution in [0.15, 0.2) is 48.0 Å². The Morgan fingerprint density at radius 3 is 2.81 bits per heavy atom. The number of hydrogen-bond donors (Lipinski definition) is 1. The Morgan fingerprint density at radius 1 is 1.29 bits per heavy atom. The highest BCUT2D eigenvalue weighted by atomic mass is 32.1. The van der Waals surface area contributed by atoms with Gasteiger partial charge in [0.05, 0.1) is 29.9 Å². The van der Waals surface area contributed by atoms with Crippen molar-refractivity contribution in [2.75, 3.05) is 31.6 Å². The Kier molecular flexibility index (Phi) is 6.48. The third-order valence-corrected chi connectivity index (χ3v) is 6.44. The molecule has 1 aliphatic heterocycles. The number of anilines is 1. The summed E-state index contributed by atoms with van der Waals surface area (Å²) in [6.07, 6.45) is 8.82. The van der Waals surface area contributed by atoms with Crippen molar-refractivity contribution in [2.24, 2.45) is 0 Å². The van der Waals surface area contributed by atoms with E-state index in [-0.39, 0.29) is 12.5 Å². The molecule has 3 heterocycles. The van der Waals surface area contributed by atoms with Crippen LogP contribution in [-0.4, -0.2) is 42.6 Å². The number of benzene rings is 1. The van der Waals surface area contributed by atoms with Crippen LogP contribution in [0.25, 0.3) is 11.3 Å². The van der Waals surface area contributed by atoms with Gasteiger partial charge in [-0.1, -0.05) is 18.1 Å². The van der Waals surface area contributed by atoms with Gasteiger partial charge in [-0.25, -0.2) is 9.97 Å². The second kappa shape index (κ2) is 9.63. The Balaban J connectivity index is 1.38. The van der Waals surface area contributed by atoms with Crippen molar-refractivity contribution < 1.29 is 9.53 Å². The summed E-state index contributed by atoms with van der Waals surface area (Å²) in [6.45, 7) is 2.03. The van der Waals surface area contributed by atoms with Crippen LogP contribution in [0.4, 0.5) is 5.82 Å². The van der Waals surface area contributed by atoms with Gasteiger partial charge in [-0.3, -0.25) is 4.79 Å². The number of ether oxygens (including phenoxy) is 1. The minimum absolute atomic E-state index is 0.203. The van der Waals surface area contributed by atoms with Gasteiger partial charge < -0.3 is 15.0 Å². The van der Waals surface area contributed by atoms with Crippen LogP contribution in [0.5, 0.6) is 5.75 Å². The van der Waals surface area contributed by atoms with Gasteiger partial charge in [0.2, 0.25) is 0 Å². The summed E-state index contributed by atoms with van der Waals surface area (Å²) in [5, 5.41) is 5.94. The van der Waals surface area contributed by atoms with E-state index < -0.39 is 0 Å². The molecule has 0 bridgehead atoms. The molecule has 0 aliphatic carbocycles. The predicted octanol–water partition coefficient (Wildman–Crippen LogP) is 3.96. The van der Waals surface area contributed by atoms with E-state index in [0.717, 1.165) is 48.8 Å². The summed E-state index contributed by atoms with van der Waals surface area (Å²) in [5.74, 6) is 4.37. The number of pyridine rings is 1. The van der Waals surface area contributed by atoms with Crippen LogP contribution in [-0.2, 0) is 0 Å². The lowest BCUT2D eigenvalue weighted by Crippen LogP contribution is -2.33. The Hall–Kier alpha value is -3.37. The third-order valence-electron chi connectivity index (χ3n) is 5.43. The number of carbonyl (C=O) groups excluding carboxylic acids is 1. The molecule has 0 spiro atoms. The molecule has 1 aromatic carbocycles.